The van der Waals surface area contributed by atoms with Crippen LogP contribution in [0.15, 0.2) is 87.8 Å². The molecule has 0 radical (unpaired) electrons. The summed E-state index contributed by atoms with van der Waals surface area (Å²) >= 11 is 4.75. The van der Waals surface area contributed by atoms with Gasteiger partial charge in [-0.3, -0.25) is 14.9 Å². The van der Waals surface area contributed by atoms with Gasteiger partial charge in [-0.25, -0.2) is 0 Å². The highest BCUT2D eigenvalue weighted by Crippen LogP contribution is 2.30. The smallest absolute Gasteiger partial charge is 0.269 e. The number of carbonyl (C=O) groups is 1. The van der Waals surface area contributed by atoms with Crippen LogP contribution in [0.2, 0.25) is 0 Å². The number of benzene rings is 2. The Kier molecular flexibility index (Phi) is 5.74. The lowest BCUT2D eigenvalue weighted by Crippen LogP contribution is -1.88. The average Bonchev–Trinajstić information content (AvgIpc) is 3.43. The predicted molar refractivity (Wildman–Crippen MR) is 122 cm³/mol. The van der Waals surface area contributed by atoms with Gasteiger partial charge in [-0.2, -0.15) is 0 Å². The quantitative estimate of drug-likeness (QED) is 0.126. The highest BCUT2D eigenvalue weighted by atomic mass is 79.9. The molecule has 0 fully saturated rings. The summed E-state index contributed by atoms with van der Waals surface area (Å²) in [5.41, 5.74) is 1.82. The number of rotatable bonds is 6. The molecule has 0 N–H and O–H groups in total. The molecule has 0 atom stereocenters. The van der Waals surface area contributed by atoms with Crippen molar-refractivity contribution in [2.75, 3.05) is 0 Å². The molecule has 4 rings (SSSR count). The minimum atomic E-state index is -0.436. The minimum Gasteiger partial charge on any atom is -0.457 e. The molecule has 4 aromatic rings. The molecule has 0 aliphatic carbocycles. The van der Waals surface area contributed by atoms with Crippen molar-refractivity contribution in [3.63, 3.8) is 0 Å². The molecule has 2 aromatic carbocycles. The molecule has 0 bridgehead atoms. The van der Waals surface area contributed by atoms with Crippen LogP contribution in [0.1, 0.15) is 15.4 Å². The lowest BCUT2D eigenvalue weighted by Gasteiger charge is -1.97. The summed E-state index contributed by atoms with van der Waals surface area (Å²) < 4.78 is 6.79. The fourth-order valence-electron chi connectivity index (χ4n) is 2.82. The predicted octanol–water partition coefficient (Wildman–Crippen LogP) is 7.24. The van der Waals surface area contributed by atoms with Crippen LogP contribution in [0.25, 0.3) is 27.8 Å². The number of nitrogens with zero attached hydrogens (tertiary/aromatic N) is 1. The van der Waals surface area contributed by atoms with Gasteiger partial charge in [0, 0.05) is 27.0 Å². The third-order valence-electron chi connectivity index (χ3n) is 4.37. The number of halogens is 1. The Morgan fingerprint density at radius 3 is 2.33 bits per heavy atom. The summed E-state index contributed by atoms with van der Waals surface area (Å²) in [4.78, 5) is 24.3. The first kappa shape index (κ1) is 20.0. The molecule has 0 saturated carbocycles. The first-order chi connectivity index (χ1) is 14.5. The molecular weight excluding hydrogens is 466 g/mol. The Morgan fingerprint density at radius 1 is 0.933 bits per heavy atom. The van der Waals surface area contributed by atoms with Crippen LogP contribution < -0.4 is 0 Å². The van der Waals surface area contributed by atoms with Crippen molar-refractivity contribution in [1.82, 2.24) is 0 Å². The van der Waals surface area contributed by atoms with Crippen molar-refractivity contribution in [2.24, 2.45) is 0 Å². The first-order valence-electron chi connectivity index (χ1n) is 8.92. The van der Waals surface area contributed by atoms with Gasteiger partial charge in [0.2, 0.25) is 0 Å². The second-order valence-corrected chi connectivity index (χ2v) is 8.37. The van der Waals surface area contributed by atoms with Crippen molar-refractivity contribution in [3.05, 3.63) is 104 Å². The van der Waals surface area contributed by atoms with Gasteiger partial charge in [0.15, 0.2) is 5.78 Å². The summed E-state index contributed by atoms with van der Waals surface area (Å²) in [5, 5.41) is 10.8. The van der Waals surface area contributed by atoms with Gasteiger partial charge in [0.25, 0.3) is 5.69 Å². The zero-order chi connectivity index (χ0) is 21.1. The summed E-state index contributed by atoms with van der Waals surface area (Å²) in [6, 6.07) is 21.3. The lowest BCUT2D eigenvalue weighted by molar-refractivity contribution is -0.384. The van der Waals surface area contributed by atoms with E-state index in [0.29, 0.717) is 10.6 Å². The SMILES string of the molecule is O=C(/C=C/c1ccc(-c2ccc(Br)cc2)o1)c1ccc(-c2ccc([N+](=O)[O-])cc2)s1. The zero-order valence-corrected chi connectivity index (χ0v) is 17.9. The van der Waals surface area contributed by atoms with E-state index in [0.717, 1.165) is 26.2 Å². The van der Waals surface area contributed by atoms with Gasteiger partial charge in [-0.05, 0) is 66.2 Å². The van der Waals surface area contributed by atoms with Crippen molar-refractivity contribution in [1.29, 1.82) is 0 Å². The van der Waals surface area contributed by atoms with Crippen LogP contribution in [0.3, 0.4) is 0 Å². The fraction of sp³-hybridized carbons (Fsp3) is 0. The number of hydrogen-bond donors (Lipinski definition) is 0. The number of nitro groups is 1. The summed E-state index contributed by atoms with van der Waals surface area (Å²) in [6.07, 6.45) is 3.13. The lowest BCUT2D eigenvalue weighted by atomic mass is 10.2. The largest absolute Gasteiger partial charge is 0.457 e. The van der Waals surface area contributed by atoms with Crippen molar-refractivity contribution in [3.8, 4) is 21.8 Å². The molecular formula is C23H14BrNO4S. The summed E-state index contributed by atoms with van der Waals surface area (Å²) in [7, 11) is 0. The van der Waals surface area contributed by atoms with Crippen LogP contribution in [0, 0.1) is 10.1 Å². The maximum atomic E-state index is 12.5. The van der Waals surface area contributed by atoms with Gasteiger partial charge >= 0.3 is 0 Å². The standard InChI is InChI=1S/C23H14BrNO4S/c24-17-5-1-15(2-6-17)21-12-10-19(29-21)9-11-20(26)23-14-13-22(30-23)16-3-7-18(8-4-16)25(27)28/h1-14H/b11-9+. The molecule has 5 nitrogen and oxygen atoms in total. The maximum absolute atomic E-state index is 12.5. The molecule has 2 heterocycles. The Morgan fingerprint density at radius 2 is 1.63 bits per heavy atom. The molecule has 0 aliphatic heterocycles. The molecule has 148 valence electrons. The first-order valence-corrected chi connectivity index (χ1v) is 10.5. The summed E-state index contributed by atoms with van der Waals surface area (Å²) in [5.74, 6) is 1.19. The summed E-state index contributed by atoms with van der Waals surface area (Å²) in [6.45, 7) is 0. The van der Waals surface area contributed by atoms with E-state index in [1.54, 1.807) is 24.3 Å². The fourth-order valence-corrected chi connectivity index (χ4v) is 4.02. The third kappa shape index (κ3) is 4.48. The number of hydrogen-bond acceptors (Lipinski definition) is 5. The van der Waals surface area contributed by atoms with Gasteiger partial charge < -0.3 is 4.42 Å². The topological polar surface area (TPSA) is 73.3 Å². The number of carbonyl (C=O) groups excluding carboxylic acids is 1. The van der Waals surface area contributed by atoms with E-state index in [1.807, 2.05) is 42.5 Å². The Bertz CT molecular complexity index is 1240. The number of furan rings is 1. The number of ketones is 1. The third-order valence-corrected chi connectivity index (χ3v) is 6.04. The Labute approximate surface area is 184 Å². The molecule has 30 heavy (non-hydrogen) atoms. The molecule has 0 aliphatic rings. The van der Waals surface area contributed by atoms with Crippen molar-refractivity contribution >= 4 is 44.8 Å². The van der Waals surface area contributed by atoms with E-state index in [1.165, 1.54) is 29.5 Å². The van der Waals surface area contributed by atoms with Crippen molar-refractivity contribution < 1.29 is 14.1 Å². The monoisotopic (exact) mass is 479 g/mol. The molecule has 7 heteroatoms. The van der Waals surface area contributed by atoms with E-state index in [-0.39, 0.29) is 11.5 Å². The highest BCUT2D eigenvalue weighted by Gasteiger charge is 2.10. The zero-order valence-electron chi connectivity index (χ0n) is 15.4. The minimum absolute atomic E-state index is 0.0375. The van der Waals surface area contributed by atoms with E-state index in [9.17, 15) is 14.9 Å². The second kappa shape index (κ2) is 8.61. The number of nitro benzene ring substituents is 1. The van der Waals surface area contributed by atoms with Gasteiger partial charge in [-0.1, -0.05) is 28.1 Å². The molecule has 0 unspecified atom stereocenters. The van der Waals surface area contributed by atoms with Crippen LogP contribution >= 0.6 is 27.3 Å². The van der Waals surface area contributed by atoms with Crippen LogP contribution in [-0.4, -0.2) is 10.7 Å². The number of thiophene rings is 1. The van der Waals surface area contributed by atoms with E-state index < -0.39 is 4.92 Å². The molecule has 0 saturated heterocycles. The van der Waals surface area contributed by atoms with Crippen LogP contribution in [0.5, 0.6) is 0 Å². The highest BCUT2D eigenvalue weighted by molar-refractivity contribution is 9.10. The van der Waals surface area contributed by atoms with Crippen LogP contribution in [0.4, 0.5) is 5.69 Å². The number of allylic oxidation sites excluding steroid dienone is 1. The maximum Gasteiger partial charge on any atom is 0.269 e. The van der Waals surface area contributed by atoms with E-state index in [2.05, 4.69) is 15.9 Å². The van der Waals surface area contributed by atoms with E-state index in [4.69, 9.17) is 4.42 Å². The van der Waals surface area contributed by atoms with Gasteiger partial charge in [0.05, 0.1) is 9.80 Å². The Hall–Kier alpha value is -3.29. The van der Waals surface area contributed by atoms with Gasteiger partial charge in [0.1, 0.15) is 11.5 Å². The number of non-ortho nitro benzene ring substituents is 1. The second-order valence-electron chi connectivity index (χ2n) is 6.37. The van der Waals surface area contributed by atoms with Gasteiger partial charge in [-0.15, -0.1) is 11.3 Å². The molecule has 2 aromatic heterocycles. The molecule has 0 amide bonds. The van der Waals surface area contributed by atoms with E-state index >= 15 is 0 Å². The Balaban J connectivity index is 1.46. The van der Waals surface area contributed by atoms with Crippen molar-refractivity contribution in [2.45, 2.75) is 0 Å². The molecule has 0 spiro atoms. The van der Waals surface area contributed by atoms with Crippen LogP contribution in [-0.2, 0) is 0 Å². The average molecular weight is 480 g/mol. The normalized spacial score (nSPS) is 11.1.